The number of ether oxygens (including phenoxy) is 1. The van der Waals surface area contributed by atoms with Crippen molar-refractivity contribution in [3.8, 4) is 5.75 Å². The summed E-state index contributed by atoms with van der Waals surface area (Å²) in [6, 6.07) is 9.55. The first kappa shape index (κ1) is 16.7. The summed E-state index contributed by atoms with van der Waals surface area (Å²) in [7, 11) is 0. The fraction of sp³-hybridized carbons (Fsp3) is 0.263. The Kier molecular flexibility index (Phi) is 5.00. The minimum absolute atomic E-state index is 0.0400. The number of hydrogen-bond donors (Lipinski definition) is 1. The molecule has 1 aliphatic rings. The van der Waals surface area contributed by atoms with Crippen LogP contribution in [0, 0.1) is 0 Å². The maximum atomic E-state index is 12.3. The highest BCUT2D eigenvalue weighted by Crippen LogP contribution is 2.32. The van der Waals surface area contributed by atoms with Crippen LogP contribution < -0.4 is 10.1 Å². The average molecular weight is 387 g/mol. The zero-order chi connectivity index (χ0) is 17.1. The maximum absolute atomic E-state index is 12.3. The SMILES string of the molecule is C=C1CCOc2cc(CC(=O)N[C@H](C)c3ccc(Br)cn3)ccc21. The third kappa shape index (κ3) is 3.85. The molecule has 0 unspecified atom stereocenters. The maximum Gasteiger partial charge on any atom is 0.224 e. The lowest BCUT2D eigenvalue weighted by atomic mass is 9.98. The van der Waals surface area contributed by atoms with Crippen molar-refractivity contribution in [3.63, 3.8) is 0 Å². The zero-order valence-electron chi connectivity index (χ0n) is 13.5. The van der Waals surface area contributed by atoms with Gasteiger partial charge in [0.1, 0.15) is 5.75 Å². The average Bonchev–Trinajstić information content (AvgIpc) is 2.55. The van der Waals surface area contributed by atoms with Gasteiger partial charge in [0, 0.05) is 22.7 Å². The summed E-state index contributed by atoms with van der Waals surface area (Å²) in [4.78, 5) is 16.6. The van der Waals surface area contributed by atoms with Crippen molar-refractivity contribution in [2.45, 2.75) is 25.8 Å². The fourth-order valence-electron chi connectivity index (χ4n) is 2.70. The van der Waals surface area contributed by atoms with Gasteiger partial charge in [0.2, 0.25) is 5.91 Å². The molecule has 3 rings (SSSR count). The summed E-state index contributed by atoms with van der Waals surface area (Å²) in [6.45, 7) is 6.63. The largest absolute Gasteiger partial charge is 0.493 e. The molecular formula is C19H19BrN2O2. The number of pyridine rings is 1. The number of nitrogens with one attached hydrogen (secondary N) is 1. The Morgan fingerprint density at radius 3 is 3.00 bits per heavy atom. The Labute approximate surface area is 150 Å². The summed E-state index contributed by atoms with van der Waals surface area (Å²) in [6.07, 6.45) is 2.89. The number of rotatable bonds is 4. The van der Waals surface area contributed by atoms with Crippen LogP contribution in [0.4, 0.5) is 0 Å². The molecule has 0 saturated heterocycles. The van der Waals surface area contributed by atoms with Crippen molar-refractivity contribution >= 4 is 27.4 Å². The van der Waals surface area contributed by atoms with Crippen LogP contribution in [0.15, 0.2) is 47.6 Å². The molecule has 1 atom stereocenters. The highest BCUT2D eigenvalue weighted by atomic mass is 79.9. The molecular weight excluding hydrogens is 368 g/mol. The van der Waals surface area contributed by atoms with Crippen molar-refractivity contribution in [2.75, 3.05) is 6.61 Å². The van der Waals surface area contributed by atoms with E-state index >= 15 is 0 Å². The van der Waals surface area contributed by atoms with Crippen LogP contribution in [-0.2, 0) is 11.2 Å². The summed E-state index contributed by atoms with van der Waals surface area (Å²) in [5.74, 6) is 0.779. The Morgan fingerprint density at radius 1 is 1.42 bits per heavy atom. The van der Waals surface area contributed by atoms with Crippen molar-refractivity contribution in [3.05, 3.63) is 64.4 Å². The van der Waals surface area contributed by atoms with E-state index in [1.54, 1.807) is 6.20 Å². The summed E-state index contributed by atoms with van der Waals surface area (Å²) < 4.78 is 6.59. The van der Waals surface area contributed by atoms with E-state index in [4.69, 9.17) is 4.74 Å². The summed E-state index contributed by atoms with van der Waals surface area (Å²) in [5, 5.41) is 2.98. The van der Waals surface area contributed by atoms with Gasteiger partial charge in [-0.05, 0) is 52.2 Å². The third-order valence-corrected chi connectivity index (χ3v) is 4.49. The van der Waals surface area contributed by atoms with Crippen LogP contribution in [0.3, 0.4) is 0 Å². The number of halogens is 1. The van der Waals surface area contributed by atoms with E-state index in [2.05, 4.69) is 32.8 Å². The van der Waals surface area contributed by atoms with Crippen LogP contribution >= 0.6 is 15.9 Å². The molecule has 0 aliphatic carbocycles. The molecule has 0 fully saturated rings. The van der Waals surface area contributed by atoms with Gasteiger partial charge >= 0.3 is 0 Å². The number of aromatic nitrogens is 1. The Bertz CT molecular complexity index is 771. The molecule has 0 bridgehead atoms. The van der Waals surface area contributed by atoms with E-state index in [0.29, 0.717) is 13.0 Å². The van der Waals surface area contributed by atoms with E-state index in [1.807, 2.05) is 37.3 Å². The number of hydrogen-bond acceptors (Lipinski definition) is 3. The van der Waals surface area contributed by atoms with Gasteiger partial charge in [0.25, 0.3) is 0 Å². The minimum atomic E-state index is -0.140. The molecule has 1 aliphatic heterocycles. The molecule has 1 N–H and O–H groups in total. The molecule has 1 amide bonds. The number of fused-ring (bicyclic) bond motifs is 1. The molecule has 2 aromatic rings. The van der Waals surface area contributed by atoms with Crippen LogP contribution in [0.25, 0.3) is 5.57 Å². The quantitative estimate of drug-likeness (QED) is 0.861. The van der Waals surface area contributed by atoms with Gasteiger partial charge in [-0.15, -0.1) is 0 Å². The molecule has 0 saturated carbocycles. The lowest BCUT2D eigenvalue weighted by molar-refractivity contribution is -0.121. The van der Waals surface area contributed by atoms with Gasteiger partial charge in [-0.25, -0.2) is 0 Å². The van der Waals surface area contributed by atoms with Crippen molar-refractivity contribution in [1.82, 2.24) is 10.3 Å². The van der Waals surface area contributed by atoms with Gasteiger partial charge in [0.05, 0.1) is 24.8 Å². The molecule has 0 spiro atoms. The normalized spacial score (nSPS) is 14.5. The van der Waals surface area contributed by atoms with Gasteiger partial charge in [-0.3, -0.25) is 9.78 Å². The molecule has 5 heteroatoms. The standard InChI is InChI=1S/C19H19BrN2O2/c1-12-7-8-24-18-9-14(3-5-16(12)18)10-19(23)22-13(2)17-6-4-15(20)11-21-17/h3-6,9,11,13H,1,7-8,10H2,2H3,(H,22,23)/t13-/m1/s1. The highest BCUT2D eigenvalue weighted by molar-refractivity contribution is 9.10. The van der Waals surface area contributed by atoms with E-state index in [9.17, 15) is 4.79 Å². The van der Waals surface area contributed by atoms with Crippen LogP contribution in [0.1, 0.15) is 36.2 Å². The first-order chi connectivity index (χ1) is 11.5. The first-order valence-electron chi connectivity index (χ1n) is 7.87. The number of nitrogens with zero attached hydrogens (tertiary/aromatic N) is 1. The van der Waals surface area contributed by atoms with Crippen molar-refractivity contribution in [2.24, 2.45) is 0 Å². The number of carbonyl (C=O) groups is 1. The van der Waals surface area contributed by atoms with Crippen LogP contribution in [-0.4, -0.2) is 17.5 Å². The van der Waals surface area contributed by atoms with E-state index < -0.39 is 0 Å². The van der Waals surface area contributed by atoms with Crippen molar-refractivity contribution < 1.29 is 9.53 Å². The van der Waals surface area contributed by atoms with E-state index in [-0.39, 0.29) is 11.9 Å². The molecule has 2 heterocycles. The van der Waals surface area contributed by atoms with Gasteiger partial charge in [-0.2, -0.15) is 0 Å². The second-order valence-corrected chi connectivity index (χ2v) is 6.82. The number of amides is 1. The lowest BCUT2D eigenvalue weighted by Gasteiger charge is -2.20. The summed E-state index contributed by atoms with van der Waals surface area (Å²) >= 11 is 3.36. The predicted octanol–water partition coefficient (Wildman–Crippen LogP) is 4.06. The molecule has 1 aromatic carbocycles. The summed E-state index contributed by atoms with van der Waals surface area (Å²) in [5.41, 5.74) is 3.88. The van der Waals surface area contributed by atoms with Gasteiger partial charge in [-0.1, -0.05) is 18.7 Å². The second-order valence-electron chi connectivity index (χ2n) is 5.90. The monoisotopic (exact) mass is 386 g/mol. The van der Waals surface area contributed by atoms with Crippen LogP contribution in [0.5, 0.6) is 5.75 Å². The van der Waals surface area contributed by atoms with Crippen LogP contribution in [0.2, 0.25) is 0 Å². The minimum Gasteiger partial charge on any atom is -0.493 e. The molecule has 1 aromatic heterocycles. The Morgan fingerprint density at radius 2 is 2.25 bits per heavy atom. The van der Waals surface area contributed by atoms with Gasteiger partial charge in [0.15, 0.2) is 0 Å². The predicted molar refractivity (Wildman–Crippen MR) is 97.8 cm³/mol. The van der Waals surface area contributed by atoms with E-state index in [1.165, 1.54) is 0 Å². The topological polar surface area (TPSA) is 51.2 Å². The third-order valence-electron chi connectivity index (χ3n) is 4.02. The zero-order valence-corrected chi connectivity index (χ0v) is 15.1. The number of benzene rings is 1. The fourth-order valence-corrected chi connectivity index (χ4v) is 2.94. The Balaban J connectivity index is 1.64. The van der Waals surface area contributed by atoms with E-state index in [0.717, 1.165) is 39.0 Å². The highest BCUT2D eigenvalue weighted by Gasteiger charge is 2.16. The van der Waals surface area contributed by atoms with Gasteiger partial charge < -0.3 is 10.1 Å². The molecule has 0 radical (unpaired) electrons. The molecule has 24 heavy (non-hydrogen) atoms. The Hall–Kier alpha value is -2.14. The molecule has 4 nitrogen and oxygen atoms in total. The second kappa shape index (κ2) is 7.18. The van der Waals surface area contributed by atoms with Crippen molar-refractivity contribution in [1.29, 1.82) is 0 Å². The number of carbonyl (C=O) groups excluding carboxylic acids is 1. The molecule has 124 valence electrons. The lowest BCUT2D eigenvalue weighted by Crippen LogP contribution is -2.28. The smallest absolute Gasteiger partial charge is 0.224 e. The first-order valence-corrected chi connectivity index (χ1v) is 8.67.